The maximum absolute atomic E-state index is 11.5. The summed E-state index contributed by atoms with van der Waals surface area (Å²) in [5.41, 5.74) is 0.619. The van der Waals surface area contributed by atoms with E-state index >= 15 is 0 Å². The van der Waals surface area contributed by atoms with Crippen LogP contribution >= 0.6 is 11.3 Å². The van der Waals surface area contributed by atoms with Gasteiger partial charge in [0.2, 0.25) is 0 Å². The average molecular weight is 209 g/mol. The second-order valence-electron chi connectivity index (χ2n) is 2.99. The minimum absolute atomic E-state index is 0.251. The first-order chi connectivity index (χ1) is 6.74. The molecule has 0 aliphatic heterocycles. The van der Waals surface area contributed by atoms with Gasteiger partial charge in [-0.05, 0) is 24.4 Å². The van der Waals surface area contributed by atoms with E-state index in [0.717, 1.165) is 10.2 Å². The molecule has 0 amide bonds. The van der Waals surface area contributed by atoms with E-state index in [9.17, 15) is 4.79 Å². The highest BCUT2D eigenvalue weighted by Gasteiger charge is 2.14. The first-order valence-electron chi connectivity index (χ1n) is 4.44. The van der Waals surface area contributed by atoms with Crippen LogP contribution in [0.3, 0.4) is 0 Å². The Morgan fingerprint density at radius 1 is 1.64 bits per heavy atom. The molecule has 0 aliphatic rings. The fraction of sp³-hybridized carbons (Fsp3) is 0.300. The van der Waals surface area contributed by atoms with E-state index in [0.29, 0.717) is 12.3 Å². The number of aryl methyl sites for hydroxylation is 1. The zero-order chi connectivity index (χ0) is 10.1. The summed E-state index contributed by atoms with van der Waals surface area (Å²) in [4.78, 5) is 12.6. The summed E-state index contributed by atoms with van der Waals surface area (Å²) in [5, 5.41) is 3.11. The number of hydrogen-bond acceptors (Lipinski definition) is 3. The first kappa shape index (κ1) is 9.27. The molecule has 0 saturated carbocycles. The second kappa shape index (κ2) is 3.46. The Kier molecular flexibility index (Phi) is 2.29. The SMILES string of the molecule is CCOC(=O)c1cc2ccsc2n1C. The van der Waals surface area contributed by atoms with Gasteiger partial charge >= 0.3 is 5.97 Å². The van der Waals surface area contributed by atoms with Crippen LogP contribution in [-0.2, 0) is 11.8 Å². The Labute approximate surface area is 85.9 Å². The standard InChI is InChI=1S/C10H11NO2S/c1-3-13-10(12)8-6-7-4-5-14-9(7)11(8)2/h4-6H,3H2,1-2H3. The van der Waals surface area contributed by atoms with E-state index in [1.165, 1.54) is 0 Å². The molecule has 0 fully saturated rings. The molecule has 2 aromatic rings. The lowest BCUT2D eigenvalue weighted by Crippen LogP contribution is -2.09. The average Bonchev–Trinajstić information content (AvgIpc) is 2.69. The number of hydrogen-bond donors (Lipinski definition) is 0. The number of thiophene rings is 1. The normalized spacial score (nSPS) is 10.7. The molecule has 4 heteroatoms. The Bertz CT molecular complexity index is 469. The number of carbonyl (C=O) groups excluding carboxylic acids is 1. The third kappa shape index (κ3) is 1.32. The number of nitrogens with zero attached hydrogens (tertiary/aromatic N) is 1. The zero-order valence-electron chi connectivity index (χ0n) is 8.11. The van der Waals surface area contributed by atoms with Gasteiger partial charge in [-0.1, -0.05) is 0 Å². The Morgan fingerprint density at radius 3 is 3.07 bits per heavy atom. The summed E-state index contributed by atoms with van der Waals surface area (Å²) in [6.45, 7) is 2.22. The van der Waals surface area contributed by atoms with Crippen LogP contribution in [0.25, 0.3) is 10.2 Å². The van der Waals surface area contributed by atoms with Crippen LogP contribution in [0.2, 0.25) is 0 Å². The monoisotopic (exact) mass is 209 g/mol. The van der Waals surface area contributed by atoms with Gasteiger partial charge in [-0.15, -0.1) is 11.3 Å². The van der Waals surface area contributed by atoms with Crippen LogP contribution in [-0.4, -0.2) is 17.1 Å². The van der Waals surface area contributed by atoms with Crippen LogP contribution in [0.5, 0.6) is 0 Å². The van der Waals surface area contributed by atoms with Gasteiger partial charge in [0.25, 0.3) is 0 Å². The minimum Gasteiger partial charge on any atom is -0.461 e. The number of carbonyl (C=O) groups is 1. The number of ether oxygens (including phenoxy) is 1. The van der Waals surface area contributed by atoms with E-state index in [1.807, 2.05) is 36.1 Å². The highest BCUT2D eigenvalue weighted by molar-refractivity contribution is 7.16. The van der Waals surface area contributed by atoms with Gasteiger partial charge in [-0.2, -0.15) is 0 Å². The van der Waals surface area contributed by atoms with E-state index in [1.54, 1.807) is 11.3 Å². The predicted molar refractivity (Wildman–Crippen MR) is 56.8 cm³/mol. The van der Waals surface area contributed by atoms with Crippen molar-refractivity contribution in [1.29, 1.82) is 0 Å². The largest absolute Gasteiger partial charge is 0.461 e. The second-order valence-corrected chi connectivity index (χ2v) is 3.88. The van der Waals surface area contributed by atoms with Crippen molar-refractivity contribution < 1.29 is 9.53 Å². The number of fused-ring (bicyclic) bond motifs is 1. The van der Waals surface area contributed by atoms with Gasteiger partial charge in [0.1, 0.15) is 10.5 Å². The van der Waals surface area contributed by atoms with Crippen molar-refractivity contribution in [1.82, 2.24) is 4.57 Å². The third-order valence-electron chi connectivity index (χ3n) is 2.12. The molecule has 14 heavy (non-hydrogen) atoms. The smallest absolute Gasteiger partial charge is 0.354 e. The molecule has 0 aromatic carbocycles. The highest BCUT2D eigenvalue weighted by atomic mass is 32.1. The quantitative estimate of drug-likeness (QED) is 0.711. The van der Waals surface area contributed by atoms with Gasteiger partial charge in [0, 0.05) is 12.4 Å². The number of aromatic nitrogens is 1. The van der Waals surface area contributed by atoms with Crippen LogP contribution in [0.4, 0.5) is 0 Å². The zero-order valence-corrected chi connectivity index (χ0v) is 8.93. The van der Waals surface area contributed by atoms with E-state index in [4.69, 9.17) is 4.74 Å². The van der Waals surface area contributed by atoms with Crippen LogP contribution < -0.4 is 0 Å². The van der Waals surface area contributed by atoms with E-state index in [-0.39, 0.29) is 5.97 Å². The topological polar surface area (TPSA) is 31.2 Å². The van der Waals surface area contributed by atoms with Crippen molar-refractivity contribution in [2.75, 3.05) is 6.61 Å². The molecule has 0 aliphatic carbocycles. The van der Waals surface area contributed by atoms with Crippen molar-refractivity contribution >= 4 is 27.5 Å². The van der Waals surface area contributed by atoms with Crippen LogP contribution in [0.1, 0.15) is 17.4 Å². The number of esters is 1. The molecule has 0 radical (unpaired) electrons. The molecule has 3 nitrogen and oxygen atoms in total. The van der Waals surface area contributed by atoms with Gasteiger partial charge in [-0.25, -0.2) is 4.79 Å². The Balaban J connectivity index is 2.47. The molecule has 2 heterocycles. The molecule has 0 spiro atoms. The molecular weight excluding hydrogens is 198 g/mol. The molecule has 2 aromatic heterocycles. The van der Waals surface area contributed by atoms with Crippen LogP contribution in [0.15, 0.2) is 17.5 Å². The molecule has 0 saturated heterocycles. The highest BCUT2D eigenvalue weighted by Crippen LogP contribution is 2.24. The van der Waals surface area contributed by atoms with Crippen molar-refractivity contribution in [3.8, 4) is 0 Å². The van der Waals surface area contributed by atoms with Crippen molar-refractivity contribution in [2.24, 2.45) is 7.05 Å². The minimum atomic E-state index is -0.251. The molecule has 74 valence electrons. The molecule has 0 atom stereocenters. The molecule has 0 unspecified atom stereocenters. The van der Waals surface area contributed by atoms with Gasteiger partial charge in [0.05, 0.1) is 6.61 Å². The number of rotatable bonds is 2. The fourth-order valence-corrected chi connectivity index (χ4v) is 2.31. The summed E-state index contributed by atoms with van der Waals surface area (Å²) in [6.07, 6.45) is 0. The van der Waals surface area contributed by atoms with Gasteiger partial charge in [-0.3, -0.25) is 0 Å². The lowest BCUT2D eigenvalue weighted by molar-refractivity contribution is 0.0516. The predicted octanol–water partition coefficient (Wildman–Crippen LogP) is 2.42. The van der Waals surface area contributed by atoms with Crippen molar-refractivity contribution in [3.05, 3.63) is 23.2 Å². The van der Waals surface area contributed by atoms with E-state index < -0.39 is 0 Å². The Hall–Kier alpha value is -1.29. The fourth-order valence-electron chi connectivity index (χ4n) is 1.45. The summed E-state index contributed by atoms with van der Waals surface area (Å²) >= 11 is 1.63. The van der Waals surface area contributed by atoms with Gasteiger partial charge < -0.3 is 9.30 Å². The summed E-state index contributed by atoms with van der Waals surface area (Å²) in [5.74, 6) is -0.251. The summed E-state index contributed by atoms with van der Waals surface area (Å²) < 4.78 is 6.83. The first-order valence-corrected chi connectivity index (χ1v) is 5.32. The van der Waals surface area contributed by atoms with E-state index in [2.05, 4.69) is 0 Å². The van der Waals surface area contributed by atoms with Crippen LogP contribution in [0, 0.1) is 0 Å². The lowest BCUT2D eigenvalue weighted by Gasteiger charge is -2.02. The molecule has 0 N–H and O–H groups in total. The lowest BCUT2D eigenvalue weighted by atomic mass is 10.3. The third-order valence-corrected chi connectivity index (χ3v) is 3.12. The molecule has 0 bridgehead atoms. The maximum atomic E-state index is 11.5. The van der Waals surface area contributed by atoms with Crippen molar-refractivity contribution in [2.45, 2.75) is 6.92 Å². The molecular formula is C10H11NO2S. The molecule has 2 rings (SSSR count). The summed E-state index contributed by atoms with van der Waals surface area (Å²) in [7, 11) is 1.88. The van der Waals surface area contributed by atoms with Gasteiger partial charge in [0.15, 0.2) is 0 Å². The maximum Gasteiger partial charge on any atom is 0.354 e. The Morgan fingerprint density at radius 2 is 2.43 bits per heavy atom. The summed E-state index contributed by atoms with van der Waals surface area (Å²) in [6, 6.07) is 3.87. The van der Waals surface area contributed by atoms with Crippen molar-refractivity contribution in [3.63, 3.8) is 0 Å².